The summed E-state index contributed by atoms with van der Waals surface area (Å²) in [4.78, 5) is 24.3. The molecule has 0 aliphatic carbocycles. The van der Waals surface area contributed by atoms with Crippen molar-refractivity contribution in [3.8, 4) is 0 Å². The van der Waals surface area contributed by atoms with Crippen molar-refractivity contribution in [2.45, 2.75) is 33.4 Å². The Balaban J connectivity index is 1.78. The van der Waals surface area contributed by atoms with Gasteiger partial charge in [0.2, 0.25) is 5.91 Å². The summed E-state index contributed by atoms with van der Waals surface area (Å²) in [5, 5.41) is 7.92. The van der Waals surface area contributed by atoms with Crippen molar-refractivity contribution in [3.63, 3.8) is 0 Å². The highest BCUT2D eigenvalue weighted by atomic mass is 16.2. The van der Waals surface area contributed by atoms with Crippen molar-refractivity contribution in [2.75, 3.05) is 6.54 Å². The van der Waals surface area contributed by atoms with E-state index >= 15 is 0 Å². The fraction of sp³-hybridized carbons (Fsp3) is 0.316. The molecule has 0 fully saturated rings. The quantitative estimate of drug-likeness (QED) is 0.673. The highest BCUT2D eigenvalue weighted by Gasteiger charge is 2.15. The Morgan fingerprint density at radius 2 is 2.08 bits per heavy atom. The van der Waals surface area contributed by atoms with Crippen LogP contribution < -0.4 is 5.32 Å². The van der Waals surface area contributed by atoms with E-state index in [1.54, 1.807) is 24.0 Å². The minimum Gasteiger partial charge on any atom is -0.353 e. The lowest BCUT2D eigenvalue weighted by molar-refractivity contribution is -0.121. The Labute approximate surface area is 146 Å². The van der Waals surface area contributed by atoms with Crippen LogP contribution in [0.5, 0.6) is 0 Å². The Morgan fingerprint density at radius 3 is 2.76 bits per heavy atom. The van der Waals surface area contributed by atoms with E-state index in [0.29, 0.717) is 18.7 Å². The van der Waals surface area contributed by atoms with Crippen LogP contribution in [0.4, 0.5) is 0 Å². The molecule has 130 valence electrons. The summed E-state index contributed by atoms with van der Waals surface area (Å²) in [5.74, 6) is -0.0684. The lowest BCUT2D eigenvalue weighted by Gasteiger charge is -2.09. The molecule has 3 aromatic rings. The summed E-state index contributed by atoms with van der Waals surface area (Å²) < 4.78 is 3.66. The number of fused-ring (bicyclic) bond motifs is 1. The highest BCUT2D eigenvalue weighted by Crippen LogP contribution is 2.25. The molecule has 0 saturated carbocycles. The molecule has 2 aromatic heterocycles. The summed E-state index contributed by atoms with van der Waals surface area (Å²) >= 11 is 0. The fourth-order valence-electron chi connectivity index (χ4n) is 3.08. The van der Waals surface area contributed by atoms with Crippen LogP contribution in [-0.2, 0) is 24.3 Å². The first kappa shape index (κ1) is 17.0. The molecule has 25 heavy (non-hydrogen) atoms. The van der Waals surface area contributed by atoms with Gasteiger partial charge >= 0.3 is 0 Å². The Kier molecular flexibility index (Phi) is 4.97. The van der Waals surface area contributed by atoms with Gasteiger partial charge in [0.25, 0.3) is 0 Å². The molecule has 2 heterocycles. The summed E-state index contributed by atoms with van der Waals surface area (Å²) in [6, 6.07) is 7.79. The third-order valence-corrected chi connectivity index (χ3v) is 4.28. The van der Waals surface area contributed by atoms with Crippen molar-refractivity contribution in [1.29, 1.82) is 0 Å². The predicted molar refractivity (Wildman–Crippen MR) is 96.6 cm³/mol. The number of Topliss-reactive ketones (excluding diaryl/α,β-unsaturated/α-hetero) is 1. The monoisotopic (exact) mass is 338 g/mol. The summed E-state index contributed by atoms with van der Waals surface area (Å²) in [6.07, 6.45) is 6.21. The molecule has 1 amide bonds. The summed E-state index contributed by atoms with van der Waals surface area (Å²) in [6.45, 7) is 4.97. The highest BCUT2D eigenvalue weighted by molar-refractivity contribution is 6.07. The molecule has 1 aromatic carbocycles. The van der Waals surface area contributed by atoms with Gasteiger partial charge in [-0.2, -0.15) is 5.10 Å². The van der Waals surface area contributed by atoms with E-state index in [1.165, 1.54) is 0 Å². The third kappa shape index (κ3) is 3.63. The van der Waals surface area contributed by atoms with Crippen molar-refractivity contribution >= 4 is 22.6 Å². The minimum absolute atomic E-state index is 0.0103. The van der Waals surface area contributed by atoms with Gasteiger partial charge in [0, 0.05) is 36.1 Å². The standard InChI is InChI=1S/C19H22N4O2/c1-3-15-6-4-7-16-17(14(2)24)12-22(19(15)16)13-18(25)20-9-11-23-10-5-8-21-23/h4-8,10,12H,3,9,11,13H2,1-2H3,(H,20,25). The number of carbonyl (C=O) groups excluding carboxylic acids is 2. The second-order valence-electron chi connectivity index (χ2n) is 6.01. The Morgan fingerprint density at radius 1 is 1.24 bits per heavy atom. The van der Waals surface area contributed by atoms with Gasteiger partial charge in [-0.1, -0.05) is 25.1 Å². The average molecular weight is 338 g/mol. The van der Waals surface area contributed by atoms with Crippen molar-refractivity contribution in [3.05, 3.63) is 54.0 Å². The summed E-state index contributed by atoms with van der Waals surface area (Å²) in [7, 11) is 0. The average Bonchev–Trinajstić information content (AvgIpc) is 3.23. The fourth-order valence-corrected chi connectivity index (χ4v) is 3.08. The molecule has 0 bridgehead atoms. The van der Waals surface area contributed by atoms with E-state index < -0.39 is 0 Å². The second kappa shape index (κ2) is 7.34. The number of ketones is 1. The first-order chi connectivity index (χ1) is 12.1. The van der Waals surface area contributed by atoms with E-state index in [0.717, 1.165) is 22.9 Å². The number of amides is 1. The number of benzene rings is 1. The molecular weight excluding hydrogens is 316 g/mol. The van der Waals surface area contributed by atoms with Crippen LogP contribution in [0.15, 0.2) is 42.9 Å². The zero-order valence-corrected chi connectivity index (χ0v) is 14.5. The van der Waals surface area contributed by atoms with E-state index in [-0.39, 0.29) is 18.2 Å². The zero-order valence-electron chi connectivity index (χ0n) is 14.5. The molecule has 0 aliphatic heterocycles. The maximum absolute atomic E-state index is 12.3. The Hall–Kier alpha value is -2.89. The lowest BCUT2D eigenvalue weighted by Crippen LogP contribution is -2.30. The van der Waals surface area contributed by atoms with Crippen LogP contribution >= 0.6 is 0 Å². The molecule has 3 rings (SSSR count). The lowest BCUT2D eigenvalue weighted by atomic mass is 10.1. The van der Waals surface area contributed by atoms with Gasteiger partial charge in [-0.3, -0.25) is 14.3 Å². The van der Waals surface area contributed by atoms with E-state index in [9.17, 15) is 9.59 Å². The zero-order chi connectivity index (χ0) is 17.8. The number of nitrogens with zero attached hydrogens (tertiary/aromatic N) is 3. The van der Waals surface area contributed by atoms with E-state index in [1.807, 2.05) is 35.0 Å². The number of hydrogen-bond acceptors (Lipinski definition) is 3. The van der Waals surface area contributed by atoms with Gasteiger partial charge < -0.3 is 9.88 Å². The number of aryl methyl sites for hydroxylation is 1. The van der Waals surface area contributed by atoms with Crippen LogP contribution in [0.3, 0.4) is 0 Å². The molecule has 6 heteroatoms. The van der Waals surface area contributed by atoms with Gasteiger partial charge in [0.05, 0.1) is 12.1 Å². The molecule has 0 atom stereocenters. The number of nitrogens with one attached hydrogen (secondary N) is 1. The number of carbonyl (C=O) groups is 2. The SMILES string of the molecule is CCc1cccc2c(C(C)=O)cn(CC(=O)NCCn3cccn3)c12. The first-order valence-electron chi connectivity index (χ1n) is 8.46. The molecule has 0 saturated heterocycles. The molecule has 1 N–H and O–H groups in total. The Bertz CT molecular complexity index is 894. The van der Waals surface area contributed by atoms with E-state index in [4.69, 9.17) is 0 Å². The summed E-state index contributed by atoms with van der Waals surface area (Å²) in [5.41, 5.74) is 2.77. The third-order valence-electron chi connectivity index (χ3n) is 4.28. The van der Waals surface area contributed by atoms with Gasteiger partial charge in [-0.15, -0.1) is 0 Å². The van der Waals surface area contributed by atoms with Crippen LogP contribution in [-0.4, -0.2) is 32.6 Å². The van der Waals surface area contributed by atoms with Gasteiger partial charge in [0.15, 0.2) is 5.78 Å². The van der Waals surface area contributed by atoms with Crippen molar-refractivity contribution in [2.24, 2.45) is 0 Å². The maximum Gasteiger partial charge on any atom is 0.240 e. The number of aromatic nitrogens is 3. The largest absolute Gasteiger partial charge is 0.353 e. The second-order valence-corrected chi connectivity index (χ2v) is 6.01. The predicted octanol–water partition coefficient (Wildman–Crippen LogP) is 2.42. The van der Waals surface area contributed by atoms with Crippen molar-refractivity contribution in [1.82, 2.24) is 19.7 Å². The van der Waals surface area contributed by atoms with Crippen LogP contribution in [0.2, 0.25) is 0 Å². The minimum atomic E-state index is -0.0786. The maximum atomic E-state index is 12.3. The molecule has 0 spiro atoms. The number of para-hydroxylation sites is 1. The molecule has 6 nitrogen and oxygen atoms in total. The van der Waals surface area contributed by atoms with Crippen molar-refractivity contribution < 1.29 is 9.59 Å². The number of rotatable bonds is 7. The topological polar surface area (TPSA) is 68.9 Å². The van der Waals surface area contributed by atoms with Gasteiger partial charge in [-0.25, -0.2) is 0 Å². The van der Waals surface area contributed by atoms with Crippen LogP contribution in [0.1, 0.15) is 29.8 Å². The van der Waals surface area contributed by atoms with Crippen LogP contribution in [0, 0.1) is 0 Å². The smallest absolute Gasteiger partial charge is 0.240 e. The molecule has 0 unspecified atom stereocenters. The van der Waals surface area contributed by atoms with Gasteiger partial charge in [-0.05, 0) is 25.0 Å². The molecular formula is C19H22N4O2. The molecule has 0 aliphatic rings. The number of hydrogen-bond donors (Lipinski definition) is 1. The molecule has 0 radical (unpaired) electrons. The van der Waals surface area contributed by atoms with E-state index in [2.05, 4.69) is 17.3 Å². The van der Waals surface area contributed by atoms with Crippen LogP contribution in [0.25, 0.3) is 10.9 Å². The van der Waals surface area contributed by atoms with Gasteiger partial charge in [0.1, 0.15) is 6.54 Å². The normalized spacial score (nSPS) is 11.0. The first-order valence-corrected chi connectivity index (χ1v) is 8.46.